The van der Waals surface area contributed by atoms with E-state index < -0.39 is 0 Å². The summed E-state index contributed by atoms with van der Waals surface area (Å²) in [5, 5.41) is 8.77. The zero-order valence-corrected chi connectivity index (χ0v) is 13.4. The van der Waals surface area contributed by atoms with Crippen molar-refractivity contribution in [1.29, 1.82) is 0 Å². The van der Waals surface area contributed by atoms with Crippen molar-refractivity contribution in [3.63, 3.8) is 0 Å². The van der Waals surface area contributed by atoms with Crippen LogP contribution in [0.15, 0.2) is 6.20 Å². The summed E-state index contributed by atoms with van der Waals surface area (Å²) in [6, 6.07) is 0.281. The van der Waals surface area contributed by atoms with Crippen LogP contribution in [0.3, 0.4) is 0 Å². The summed E-state index contributed by atoms with van der Waals surface area (Å²) >= 11 is 6.33. The molecule has 0 aliphatic heterocycles. The lowest BCUT2D eigenvalue weighted by Gasteiger charge is -2.22. The number of halogens is 1. The van der Waals surface area contributed by atoms with Crippen LogP contribution in [0.25, 0.3) is 0 Å². The molecule has 0 fully saturated rings. The van der Waals surface area contributed by atoms with Gasteiger partial charge in [-0.15, -0.1) is 0 Å². The van der Waals surface area contributed by atoms with Gasteiger partial charge in [0.15, 0.2) is 0 Å². The van der Waals surface area contributed by atoms with E-state index in [-0.39, 0.29) is 6.04 Å². The molecule has 0 radical (unpaired) electrons. The number of hydrogen-bond donors (Lipinski definition) is 1. The van der Waals surface area contributed by atoms with E-state index >= 15 is 0 Å². The minimum atomic E-state index is 0.281. The highest BCUT2D eigenvalue weighted by Gasteiger charge is 2.19. The van der Waals surface area contributed by atoms with Gasteiger partial charge in [-0.25, -0.2) is 0 Å². The molecule has 0 aliphatic rings. The normalized spacial score (nSPS) is 13.2. The summed E-state index contributed by atoms with van der Waals surface area (Å²) in [7, 11) is 4.20. The van der Waals surface area contributed by atoms with Crippen molar-refractivity contribution >= 4 is 11.6 Å². The molecule has 1 aromatic heterocycles. The lowest BCUT2D eigenvalue weighted by Crippen LogP contribution is -2.28. The molecule has 110 valence electrons. The van der Waals surface area contributed by atoms with E-state index in [4.69, 9.17) is 11.6 Å². The van der Waals surface area contributed by atoms with Crippen molar-refractivity contribution in [2.45, 2.75) is 45.7 Å². The molecule has 1 unspecified atom stereocenters. The quantitative estimate of drug-likeness (QED) is 0.758. The smallest absolute Gasteiger partial charge is 0.0834 e. The van der Waals surface area contributed by atoms with Gasteiger partial charge in [0.1, 0.15) is 0 Å². The van der Waals surface area contributed by atoms with Gasteiger partial charge in [0.25, 0.3) is 0 Å². The summed E-state index contributed by atoms with van der Waals surface area (Å²) in [6.45, 7) is 7.31. The Morgan fingerprint density at radius 2 is 2.11 bits per heavy atom. The minimum absolute atomic E-state index is 0.281. The Hall–Kier alpha value is -0.580. The lowest BCUT2D eigenvalue weighted by molar-refractivity contribution is 0.350. The van der Waals surface area contributed by atoms with Gasteiger partial charge in [-0.3, -0.25) is 4.68 Å². The second-order valence-corrected chi connectivity index (χ2v) is 5.61. The summed E-state index contributed by atoms with van der Waals surface area (Å²) in [5.41, 5.74) is 1.14. The summed E-state index contributed by atoms with van der Waals surface area (Å²) in [4.78, 5) is 2.20. The van der Waals surface area contributed by atoms with Gasteiger partial charge in [-0.05, 0) is 46.4 Å². The molecule has 1 aromatic rings. The molecule has 1 rings (SSSR count). The topological polar surface area (TPSA) is 33.1 Å². The average Bonchev–Trinajstić information content (AvgIpc) is 2.72. The van der Waals surface area contributed by atoms with Gasteiger partial charge in [-0.1, -0.05) is 25.4 Å². The molecule has 0 aromatic carbocycles. The largest absolute Gasteiger partial charge is 0.309 e. The maximum absolute atomic E-state index is 6.33. The van der Waals surface area contributed by atoms with Crippen molar-refractivity contribution in [1.82, 2.24) is 20.0 Å². The molecule has 1 atom stereocenters. The zero-order valence-electron chi connectivity index (χ0n) is 12.6. The van der Waals surface area contributed by atoms with Gasteiger partial charge in [0.05, 0.1) is 23.0 Å². The number of aromatic nitrogens is 2. The molecule has 1 heterocycles. The Kier molecular flexibility index (Phi) is 7.42. The van der Waals surface area contributed by atoms with E-state index in [1.54, 1.807) is 6.20 Å². The molecule has 19 heavy (non-hydrogen) atoms. The van der Waals surface area contributed by atoms with Crippen LogP contribution >= 0.6 is 11.6 Å². The highest BCUT2D eigenvalue weighted by molar-refractivity contribution is 6.31. The van der Waals surface area contributed by atoms with Crippen LogP contribution in [-0.2, 0) is 6.54 Å². The number of nitrogens with one attached hydrogen (secondary N) is 1. The van der Waals surface area contributed by atoms with Gasteiger partial charge in [-0.2, -0.15) is 5.10 Å². The molecule has 4 nitrogen and oxygen atoms in total. The molecular weight excluding hydrogens is 260 g/mol. The summed E-state index contributed by atoms with van der Waals surface area (Å²) < 4.78 is 2.05. The third-order valence-corrected chi connectivity index (χ3v) is 3.40. The molecule has 0 spiro atoms. The van der Waals surface area contributed by atoms with Crippen LogP contribution in [0.4, 0.5) is 0 Å². The van der Waals surface area contributed by atoms with E-state index in [0.717, 1.165) is 49.6 Å². The van der Waals surface area contributed by atoms with Crippen molar-refractivity contribution < 1.29 is 0 Å². The second kappa shape index (κ2) is 8.56. The first kappa shape index (κ1) is 16.5. The Morgan fingerprint density at radius 3 is 2.68 bits per heavy atom. The monoisotopic (exact) mass is 286 g/mol. The standard InChI is InChI=1S/C14H27ClN4/c1-5-8-16-13(7-10-18(3)4)14-12(15)11-17-19(14)9-6-2/h11,13,16H,5-10H2,1-4H3. The fourth-order valence-electron chi connectivity index (χ4n) is 2.15. The van der Waals surface area contributed by atoms with Gasteiger partial charge in [0.2, 0.25) is 0 Å². The highest BCUT2D eigenvalue weighted by atomic mass is 35.5. The van der Waals surface area contributed by atoms with Crippen molar-refractivity contribution in [3.8, 4) is 0 Å². The van der Waals surface area contributed by atoms with Crippen LogP contribution in [0, 0.1) is 0 Å². The van der Waals surface area contributed by atoms with Gasteiger partial charge in [0, 0.05) is 6.54 Å². The molecule has 0 aliphatic carbocycles. The Labute approximate surface area is 122 Å². The first-order chi connectivity index (χ1) is 9.10. The average molecular weight is 287 g/mol. The molecule has 0 saturated carbocycles. The first-order valence-electron chi connectivity index (χ1n) is 7.19. The first-order valence-corrected chi connectivity index (χ1v) is 7.57. The summed E-state index contributed by atoms with van der Waals surface area (Å²) in [6.07, 6.45) is 5.00. The fourth-order valence-corrected chi connectivity index (χ4v) is 2.42. The van der Waals surface area contributed by atoms with Crippen molar-refractivity contribution in [2.75, 3.05) is 27.2 Å². The van der Waals surface area contributed by atoms with E-state index in [1.165, 1.54) is 0 Å². The number of aryl methyl sites for hydroxylation is 1. The minimum Gasteiger partial charge on any atom is -0.309 e. The van der Waals surface area contributed by atoms with Crippen molar-refractivity contribution in [2.24, 2.45) is 0 Å². The van der Waals surface area contributed by atoms with Crippen LogP contribution in [-0.4, -0.2) is 41.9 Å². The SMILES string of the molecule is CCCNC(CCN(C)C)c1c(Cl)cnn1CCC. The lowest BCUT2D eigenvalue weighted by atomic mass is 10.1. The Bertz CT molecular complexity index is 362. The third kappa shape index (κ3) is 5.13. The van der Waals surface area contributed by atoms with E-state index in [0.29, 0.717) is 0 Å². The third-order valence-electron chi connectivity index (χ3n) is 3.10. The maximum Gasteiger partial charge on any atom is 0.0834 e. The number of hydrogen-bond acceptors (Lipinski definition) is 3. The predicted molar refractivity (Wildman–Crippen MR) is 81.7 cm³/mol. The number of nitrogens with zero attached hydrogens (tertiary/aromatic N) is 3. The summed E-state index contributed by atoms with van der Waals surface area (Å²) in [5.74, 6) is 0. The van der Waals surface area contributed by atoms with E-state index in [1.807, 2.05) is 4.68 Å². The molecule has 5 heteroatoms. The van der Waals surface area contributed by atoms with Gasteiger partial charge < -0.3 is 10.2 Å². The van der Waals surface area contributed by atoms with Crippen LogP contribution in [0.2, 0.25) is 5.02 Å². The molecular formula is C14H27ClN4. The fraction of sp³-hybridized carbons (Fsp3) is 0.786. The number of rotatable bonds is 9. The van der Waals surface area contributed by atoms with E-state index in [2.05, 4.69) is 43.3 Å². The highest BCUT2D eigenvalue weighted by Crippen LogP contribution is 2.25. The van der Waals surface area contributed by atoms with E-state index in [9.17, 15) is 0 Å². The Morgan fingerprint density at radius 1 is 1.37 bits per heavy atom. The Balaban J connectivity index is 2.84. The zero-order chi connectivity index (χ0) is 14.3. The molecule has 0 bridgehead atoms. The molecule has 1 N–H and O–H groups in total. The predicted octanol–water partition coefficient (Wildman–Crippen LogP) is 2.94. The molecule has 0 amide bonds. The van der Waals surface area contributed by atoms with Gasteiger partial charge >= 0.3 is 0 Å². The van der Waals surface area contributed by atoms with Crippen LogP contribution in [0.1, 0.15) is 44.8 Å². The van der Waals surface area contributed by atoms with Crippen molar-refractivity contribution in [3.05, 3.63) is 16.9 Å². The maximum atomic E-state index is 6.33. The van der Waals surface area contributed by atoms with Crippen LogP contribution in [0.5, 0.6) is 0 Å². The van der Waals surface area contributed by atoms with Crippen LogP contribution < -0.4 is 5.32 Å². The molecule has 0 saturated heterocycles. The second-order valence-electron chi connectivity index (χ2n) is 5.20.